The quantitative estimate of drug-likeness (QED) is 0.115. The Hall–Kier alpha value is -3.75. The summed E-state index contributed by atoms with van der Waals surface area (Å²) in [7, 11) is 2.57. The number of methoxy groups -OCH3 is 2. The van der Waals surface area contributed by atoms with E-state index in [0.717, 1.165) is 12.1 Å². The Morgan fingerprint density at radius 3 is 1.63 bits per heavy atom. The van der Waals surface area contributed by atoms with E-state index in [9.17, 15) is 50.8 Å². The van der Waals surface area contributed by atoms with E-state index in [1.165, 1.54) is 32.4 Å². The normalized spacial score (nSPS) is 31.4. The molecule has 0 spiro atoms. The van der Waals surface area contributed by atoms with Crippen LogP contribution >= 0.6 is 0 Å². The van der Waals surface area contributed by atoms with E-state index >= 15 is 0 Å². The molecule has 1 aromatic rings. The molecule has 2 fully saturated rings. The lowest BCUT2D eigenvalue weighted by molar-refractivity contribution is -0.277. The number of rotatable bonds is 9. The highest BCUT2D eigenvalue weighted by atomic mass is 16.7. The Kier molecular flexibility index (Phi) is 9.89. The molecule has 10 atom stereocenters. The molecule has 1 aromatic carbocycles. The van der Waals surface area contributed by atoms with Crippen molar-refractivity contribution in [3.05, 3.63) is 40.6 Å². The first-order chi connectivity index (χ1) is 21.9. The Morgan fingerprint density at radius 2 is 1.15 bits per heavy atom. The average molecular weight is 655 g/mol. The highest BCUT2D eigenvalue weighted by Gasteiger charge is 2.46. The number of hydrogen-bond acceptors (Lipinski definition) is 17. The monoisotopic (exact) mass is 654 g/mol. The number of hydrogen-bond donors (Lipinski definition) is 9. The van der Waals surface area contributed by atoms with Crippen molar-refractivity contribution in [2.75, 3.05) is 27.4 Å². The molecule has 46 heavy (non-hydrogen) atoms. The topological polar surface area (TPSA) is 268 Å². The molecule has 0 radical (unpaired) electrons. The second-order valence-corrected chi connectivity index (χ2v) is 10.6. The third-order valence-corrected chi connectivity index (χ3v) is 7.71. The standard InChI is InChI=1S/C29H34O17/c1-40-15-3-10(4-16(41-2)20(15)33)27-17(44-29-26(39)24(37)22(35)19(9-31)46-29)7-12-13(42-27)5-11(32)6-14(12)43-28-25(38)23(36)21(34)18(8-30)45-28/h3-7,18-19,21-26,28-31,33-39H,8-9H2,1-2H3/t18-,19+,21-,22+,23?,24-,25-,26+,28-,29+/m1/s1. The number of benzene rings is 2. The molecule has 0 saturated carbocycles. The predicted molar refractivity (Wildman–Crippen MR) is 151 cm³/mol. The van der Waals surface area contributed by atoms with Crippen LogP contribution < -0.4 is 24.4 Å². The molecule has 0 aromatic heterocycles. The fraction of sp³-hybridized carbons (Fsp3) is 0.483. The molecule has 3 heterocycles. The van der Waals surface area contributed by atoms with Gasteiger partial charge in [-0.2, -0.15) is 0 Å². The van der Waals surface area contributed by atoms with Gasteiger partial charge in [-0.1, -0.05) is 0 Å². The molecule has 1 unspecified atom stereocenters. The lowest BCUT2D eigenvalue weighted by Gasteiger charge is -2.40. The summed E-state index contributed by atoms with van der Waals surface area (Å²) >= 11 is 0. The zero-order valence-corrected chi connectivity index (χ0v) is 24.4. The first-order valence-corrected chi connectivity index (χ1v) is 13.9. The van der Waals surface area contributed by atoms with Crippen molar-refractivity contribution in [3.63, 3.8) is 0 Å². The summed E-state index contributed by atoms with van der Waals surface area (Å²) in [6.45, 7) is -1.47. The van der Waals surface area contributed by atoms with Crippen LogP contribution in [0.5, 0.6) is 28.7 Å². The molecule has 5 rings (SSSR count). The van der Waals surface area contributed by atoms with Gasteiger partial charge >= 0.3 is 0 Å². The fourth-order valence-electron chi connectivity index (χ4n) is 5.15. The van der Waals surface area contributed by atoms with Gasteiger partial charge in [0, 0.05) is 17.7 Å². The van der Waals surface area contributed by atoms with Gasteiger partial charge in [-0.15, -0.1) is 0 Å². The van der Waals surface area contributed by atoms with Gasteiger partial charge in [0.15, 0.2) is 28.4 Å². The molecular weight excluding hydrogens is 620 g/mol. The third kappa shape index (κ3) is 6.17. The maximum atomic E-state index is 12.7. The number of phenols is 1. The molecule has 9 N–H and O–H groups in total. The van der Waals surface area contributed by atoms with E-state index in [4.69, 9.17) is 32.8 Å². The second-order valence-electron chi connectivity index (χ2n) is 10.6. The molecule has 1 aliphatic carbocycles. The summed E-state index contributed by atoms with van der Waals surface area (Å²) in [6, 6.07) is 6.05. The van der Waals surface area contributed by atoms with Gasteiger partial charge in [0.1, 0.15) is 60.3 Å². The first kappa shape index (κ1) is 33.6. The Balaban J connectivity index is 1.66. The van der Waals surface area contributed by atoms with Gasteiger partial charge in [-0.25, -0.2) is 0 Å². The SMILES string of the molecule is COc1cc(-c2oc3cc(=O)cc(O[C@@H]4O[C@H](CO)[C@@H](O)C(O)[C@H]4O)c-3cc2O[C@H]2O[C@@H](CO)[C@H](O)[C@@H](O)[C@@H]2O)cc(OC)c1O. The van der Waals surface area contributed by atoms with Gasteiger partial charge in [0.05, 0.1) is 33.0 Å². The molecule has 252 valence electrons. The predicted octanol–water partition coefficient (Wildman–Crippen LogP) is -2.51. The minimum atomic E-state index is -1.83. The van der Waals surface area contributed by atoms with Gasteiger partial charge in [-0.3, -0.25) is 4.79 Å². The van der Waals surface area contributed by atoms with Crippen molar-refractivity contribution in [2.45, 2.75) is 61.4 Å². The Labute approximate surface area is 259 Å². The van der Waals surface area contributed by atoms with E-state index in [0.29, 0.717) is 0 Å². The average Bonchev–Trinajstić information content (AvgIpc) is 3.05. The van der Waals surface area contributed by atoms with Crippen molar-refractivity contribution >= 4 is 0 Å². The summed E-state index contributed by atoms with van der Waals surface area (Å²) < 4.78 is 39.2. The van der Waals surface area contributed by atoms with Gasteiger partial charge < -0.3 is 78.8 Å². The van der Waals surface area contributed by atoms with Crippen LogP contribution in [0, 0.1) is 0 Å². The molecule has 4 aliphatic rings. The summed E-state index contributed by atoms with van der Waals surface area (Å²) in [5, 5.41) is 91.7. The van der Waals surface area contributed by atoms with E-state index < -0.39 is 80.1 Å². The van der Waals surface area contributed by atoms with Crippen molar-refractivity contribution in [1.82, 2.24) is 0 Å². The van der Waals surface area contributed by atoms with Gasteiger partial charge in [0.2, 0.25) is 18.3 Å². The lowest BCUT2D eigenvalue weighted by Crippen LogP contribution is -2.60. The van der Waals surface area contributed by atoms with E-state index in [1.807, 2.05) is 0 Å². The van der Waals surface area contributed by atoms with Gasteiger partial charge in [-0.05, 0) is 18.2 Å². The van der Waals surface area contributed by atoms with E-state index in [2.05, 4.69) is 0 Å². The lowest BCUT2D eigenvalue weighted by atomic mass is 9.99. The van der Waals surface area contributed by atoms with Crippen molar-refractivity contribution < 1.29 is 78.8 Å². The smallest absolute Gasteiger partial charge is 0.229 e. The Morgan fingerprint density at radius 1 is 0.652 bits per heavy atom. The van der Waals surface area contributed by atoms with Crippen molar-refractivity contribution in [2.24, 2.45) is 0 Å². The van der Waals surface area contributed by atoms with Gasteiger partial charge in [0.25, 0.3) is 0 Å². The van der Waals surface area contributed by atoms with Crippen LogP contribution in [0.15, 0.2) is 39.5 Å². The number of ether oxygens (including phenoxy) is 6. The molecule has 2 saturated heterocycles. The van der Waals surface area contributed by atoms with Crippen LogP contribution in [-0.4, -0.2) is 135 Å². The molecule has 17 nitrogen and oxygen atoms in total. The summed E-state index contributed by atoms with van der Waals surface area (Å²) in [5.74, 6) is -1.20. The number of aliphatic hydroxyl groups excluding tert-OH is 8. The summed E-state index contributed by atoms with van der Waals surface area (Å²) in [4.78, 5) is 12.7. The van der Waals surface area contributed by atoms with Crippen molar-refractivity contribution in [3.8, 4) is 51.4 Å². The minimum Gasteiger partial charge on any atom is -0.502 e. The third-order valence-electron chi connectivity index (χ3n) is 7.71. The second kappa shape index (κ2) is 13.5. The number of aliphatic hydroxyl groups is 8. The maximum absolute atomic E-state index is 12.7. The van der Waals surface area contributed by atoms with Crippen LogP contribution in [0.3, 0.4) is 0 Å². The highest BCUT2D eigenvalue weighted by molar-refractivity contribution is 5.77. The number of phenolic OH excluding ortho intramolecular Hbond substituents is 1. The van der Waals surface area contributed by atoms with Crippen LogP contribution in [0.25, 0.3) is 22.6 Å². The zero-order valence-electron chi connectivity index (χ0n) is 24.4. The first-order valence-electron chi connectivity index (χ1n) is 13.9. The van der Waals surface area contributed by atoms with Crippen LogP contribution in [0.2, 0.25) is 0 Å². The fourth-order valence-corrected chi connectivity index (χ4v) is 5.15. The molecule has 0 amide bonds. The molecular formula is C29H34O17. The number of aromatic hydroxyl groups is 1. The molecule has 0 bridgehead atoms. The Bertz CT molecular complexity index is 1510. The zero-order chi connectivity index (χ0) is 33.4. The van der Waals surface area contributed by atoms with Crippen molar-refractivity contribution in [1.29, 1.82) is 0 Å². The van der Waals surface area contributed by atoms with Crippen LogP contribution in [0.1, 0.15) is 0 Å². The van der Waals surface area contributed by atoms with Crippen LogP contribution in [0.4, 0.5) is 0 Å². The largest absolute Gasteiger partial charge is 0.502 e. The van der Waals surface area contributed by atoms with Crippen LogP contribution in [-0.2, 0) is 9.47 Å². The highest BCUT2D eigenvalue weighted by Crippen LogP contribution is 2.46. The summed E-state index contributed by atoms with van der Waals surface area (Å²) in [6.07, 6.45) is -16.6. The summed E-state index contributed by atoms with van der Waals surface area (Å²) in [5.41, 5.74) is -0.469. The molecule has 17 heteroatoms. The maximum Gasteiger partial charge on any atom is 0.229 e. The van der Waals surface area contributed by atoms with E-state index in [-0.39, 0.29) is 51.4 Å². The molecule has 3 aliphatic heterocycles. The van der Waals surface area contributed by atoms with E-state index in [1.54, 1.807) is 0 Å². The minimum absolute atomic E-state index is 0.0117. The number of fused-ring (bicyclic) bond motifs is 1.